The molecule has 0 spiro atoms. The van der Waals surface area contributed by atoms with Gasteiger partial charge >= 0.3 is 25.7 Å². The molecule has 3 rings (SSSR count). The Hall–Kier alpha value is -2.04. The molecule has 0 aromatic carbocycles. The van der Waals surface area contributed by atoms with Crippen molar-refractivity contribution in [3.05, 3.63) is 0 Å². The predicted octanol–water partition coefficient (Wildman–Crippen LogP) is 8.87. The first-order chi connectivity index (χ1) is 44.7. The lowest BCUT2D eigenvalue weighted by Crippen LogP contribution is -2.69. The number of aliphatic hydroxyl groups is 10. The molecule has 24 nitrogen and oxygen atoms in total. The van der Waals surface area contributed by atoms with Gasteiger partial charge in [-0.15, -0.1) is 0 Å². The van der Waals surface area contributed by atoms with E-state index in [9.17, 15) is 74.9 Å². The van der Waals surface area contributed by atoms with Gasteiger partial charge in [0, 0.05) is 19.3 Å². The molecule has 25 heteroatoms. The van der Waals surface area contributed by atoms with Crippen molar-refractivity contribution >= 4 is 25.7 Å². The molecule has 11 N–H and O–H groups in total. The summed E-state index contributed by atoms with van der Waals surface area (Å²) < 4.78 is 64.9. The molecule has 3 fully saturated rings. The van der Waals surface area contributed by atoms with E-state index < -0.39 is 156 Å². The number of rotatable bonds is 55. The van der Waals surface area contributed by atoms with Crippen molar-refractivity contribution in [2.45, 2.75) is 382 Å². The topological polar surface area (TPSA) is 374 Å². The normalized spacial score (nSPS) is 28.8. The molecule has 1 saturated carbocycles. The number of unbranched alkanes of at least 4 members (excludes halogenated alkanes) is 30. The summed E-state index contributed by atoms with van der Waals surface area (Å²) in [6.07, 6.45) is 3.54. The van der Waals surface area contributed by atoms with Gasteiger partial charge in [-0.05, 0) is 25.2 Å². The fourth-order valence-electron chi connectivity index (χ4n) is 12.2. The maximum atomic E-state index is 14.3. The zero-order chi connectivity index (χ0) is 68.4. The van der Waals surface area contributed by atoms with Crippen LogP contribution in [0.25, 0.3) is 0 Å². The Morgan fingerprint density at radius 1 is 0.409 bits per heavy atom. The first kappa shape index (κ1) is 85.2. The van der Waals surface area contributed by atoms with Crippen LogP contribution in [0.4, 0.5) is 0 Å². The van der Waals surface area contributed by atoms with Crippen LogP contribution in [0.5, 0.6) is 0 Å². The third-order valence-electron chi connectivity index (χ3n) is 18.3. The Kier molecular flexibility index (Phi) is 46.1. The molecular weight excluding hydrogens is 1230 g/mol. The molecule has 0 aromatic heterocycles. The lowest BCUT2D eigenvalue weighted by atomic mass is 9.84. The number of ether oxygens (including phenoxy) is 7. The van der Waals surface area contributed by atoms with Gasteiger partial charge in [-0.25, -0.2) is 4.57 Å². The van der Waals surface area contributed by atoms with E-state index in [1.54, 1.807) is 0 Å². The fourth-order valence-corrected chi connectivity index (χ4v) is 13.2. The molecule has 0 bridgehead atoms. The number of esters is 3. The molecule has 0 radical (unpaired) electrons. The number of hydrogen-bond donors (Lipinski definition) is 11. The summed E-state index contributed by atoms with van der Waals surface area (Å²) in [4.78, 5) is 50.8. The number of phosphoric acid groups is 1. The van der Waals surface area contributed by atoms with Crippen molar-refractivity contribution in [3.8, 4) is 0 Å². The number of hydrogen-bond acceptors (Lipinski definition) is 23. The lowest BCUT2D eigenvalue weighted by molar-refractivity contribution is -0.360. The summed E-state index contributed by atoms with van der Waals surface area (Å²) in [6.45, 7) is 5.73. The van der Waals surface area contributed by atoms with Crippen LogP contribution in [0.3, 0.4) is 0 Å². The smallest absolute Gasteiger partial charge is 0.463 e. The minimum Gasteiger partial charge on any atom is -0.463 e. The molecule has 0 amide bonds. The lowest BCUT2D eigenvalue weighted by Gasteiger charge is -2.49. The highest BCUT2D eigenvalue weighted by Crippen LogP contribution is 2.49. The maximum absolute atomic E-state index is 14.3. The second-order valence-corrected chi connectivity index (χ2v) is 28.0. The second kappa shape index (κ2) is 50.3. The average molecular weight is 1360 g/mol. The number of phosphoric ester groups is 1. The van der Waals surface area contributed by atoms with Crippen LogP contribution < -0.4 is 0 Å². The van der Waals surface area contributed by atoms with E-state index in [1.165, 1.54) is 116 Å². The van der Waals surface area contributed by atoms with Gasteiger partial charge in [0.15, 0.2) is 18.7 Å². The van der Waals surface area contributed by atoms with Gasteiger partial charge in [0.2, 0.25) is 0 Å². The summed E-state index contributed by atoms with van der Waals surface area (Å²) in [7, 11) is -5.68. The molecule has 548 valence electrons. The van der Waals surface area contributed by atoms with Crippen LogP contribution in [-0.4, -0.2) is 204 Å². The van der Waals surface area contributed by atoms with E-state index in [0.29, 0.717) is 25.2 Å². The van der Waals surface area contributed by atoms with Crippen molar-refractivity contribution in [2.24, 2.45) is 5.92 Å². The van der Waals surface area contributed by atoms with E-state index in [-0.39, 0.29) is 19.3 Å². The van der Waals surface area contributed by atoms with Gasteiger partial charge in [0.25, 0.3) is 0 Å². The molecule has 2 heterocycles. The predicted molar refractivity (Wildman–Crippen MR) is 347 cm³/mol. The molecule has 2 saturated heterocycles. The third-order valence-corrected chi connectivity index (χ3v) is 19.3. The third kappa shape index (κ3) is 34.5. The largest absolute Gasteiger partial charge is 0.472 e. The minimum absolute atomic E-state index is 0.0308. The molecule has 19 unspecified atom stereocenters. The Bertz CT molecular complexity index is 1960. The quantitative estimate of drug-likeness (QED) is 0.0117. The molecular formula is C68H127O24P. The van der Waals surface area contributed by atoms with E-state index in [4.69, 9.17) is 42.2 Å². The van der Waals surface area contributed by atoms with Crippen molar-refractivity contribution in [3.63, 3.8) is 0 Å². The Morgan fingerprint density at radius 3 is 1.16 bits per heavy atom. The van der Waals surface area contributed by atoms with Crippen molar-refractivity contribution < 1.29 is 117 Å². The second-order valence-electron chi connectivity index (χ2n) is 26.6. The van der Waals surface area contributed by atoms with Crippen molar-refractivity contribution in [2.75, 3.05) is 26.4 Å². The molecule has 93 heavy (non-hydrogen) atoms. The van der Waals surface area contributed by atoms with Gasteiger partial charge in [-0.3, -0.25) is 23.4 Å². The van der Waals surface area contributed by atoms with E-state index in [0.717, 1.165) is 96.3 Å². The van der Waals surface area contributed by atoms with E-state index in [1.807, 2.05) is 0 Å². The average Bonchev–Trinajstić information content (AvgIpc) is 0.772. The van der Waals surface area contributed by atoms with Crippen LogP contribution in [-0.2, 0) is 61.2 Å². The van der Waals surface area contributed by atoms with Crippen molar-refractivity contribution in [1.29, 1.82) is 0 Å². The molecule has 19 atom stereocenters. The van der Waals surface area contributed by atoms with Crippen LogP contribution in [0.1, 0.15) is 278 Å². The number of aliphatic hydroxyl groups excluding tert-OH is 10. The van der Waals surface area contributed by atoms with Crippen LogP contribution >= 0.6 is 7.82 Å². The van der Waals surface area contributed by atoms with Gasteiger partial charge < -0.3 is 89.1 Å². The molecule has 2 aliphatic heterocycles. The van der Waals surface area contributed by atoms with E-state index in [2.05, 4.69) is 27.7 Å². The van der Waals surface area contributed by atoms with Gasteiger partial charge in [-0.1, -0.05) is 240 Å². The van der Waals surface area contributed by atoms with Gasteiger partial charge in [0.05, 0.1) is 13.2 Å². The zero-order valence-corrected chi connectivity index (χ0v) is 57.9. The first-order valence-corrected chi connectivity index (χ1v) is 37.7. The Morgan fingerprint density at radius 2 is 0.753 bits per heavy atom. The summed E-state index contributed by atoms with van der Waals surface area (Å²) in [5.74, 6) is -1.29. The highest BCUT2D eigenvalue weighted by Gasteiger charge is 2.58. The summed E-state index contributed by atoms with van der Waals surface area (Å²) in [6, 6.07) is 0. The van der Waals surface area contributed by atoms with Crippen LogP contribution in [0.2, 0.25) is 0 Å². The Balaban J connectivity index is 1.75. The highest BCUT2D eigenvalue weighted by molar-refractivity contribution is 7.47. The minimum atomic E-state index is -5.68. The Labute approximate surface area is 555 Å². The molecule has 0 aromatic rings. The maximum Gasteiger partial charge on any atom is 0.472 e. The SMILES string of the molecule is CCCCCCCCCCCCCC(=O)OCC(COP(=O)(O)OC1C(OC2OC(CO)C(O)C(O)C2O)C(O)C(O)C(O)C1OC1OC(COC(=O)CCCCCCCCC(C)CCCCCCCC)C(O)C(O)C1O)OC(=O)CCCCCCCCCCCCC. The summed E-state index contributed by atoms with van der Waals surface area (Å²) >= 11 is 0. The van der Waals surface area contributed by atoms with Crippen LogP contribution in [0, 0.1) is 5.92 Å². The molecule has 1 aliphatic carbocycles. The number of carbonyl (C=O) groups is 3. The summed E-state index contributed by atoms with van der Waals surface area (Å²) in [5, 5.41) is 110. The number of carbonyl (C=O) groups excluding carboxylic acids is 3. The van der Waals surface area contributed by atoms with Crippen molar-refractivity contribution in [1.82, 2.24) is 0 Å². The van der Waals surface area contributed by atoms with E-state index >= 15 is 0 Å². The van der Waals surface area contributed by atoms with Crippen LogP contribution in [0.15, 0.2) is 0 Å². The fraction of sp³-hybridized carbons (Fsp3) is 0.956. The zero-order valence-electron chi connectivity index (χ0n) is 57.0. The first-order valence-electron chi connectivity index (χ1n) is 36.2. The highest BCUT2D eigenvalue weighted by atomic mass is 31.2. The van der Waals surface area contributed by atoms with Gasteiger partial charge in [-0.2, -0.15) is 0 Å². The van der Waals surface area contributed by atoms with Gasteiger partial charge in [0.1, 0.15) is 98.7 Å². The summed E-state index contributed by atoms with van der Waals surface area (Å²) in [5.41, 5.74) is 0. The monoisotopic (exact) mass is 1360 g/mol. The molecule has 3 aliphatic rings. The standard InChI is InChI=1S/C68H127O24P/c1-5-8-11-14-17-19-21-23-25-31-36-41-52(70)84-45-49(87-54(72)43-38-33-26-24-22-20-18-15-12-9-6-2)46-86-93(82,83)92-66-64(90-67-62(80)57(75)55(73)50(44-69)88-67)60(78)59(77)61(79)65(66)91-68-63(81)58(76)56(74)51(89-68)47-85-53(71)42-37-32-28-27-30-35-40-48(4)39-34-29-16-13-10-7-3/h48-51,55-69,73-81H,5-47H2,1-4H3,(H,82,83).